The van der Waals surface area contributed by atoms with Crippen molar-refractivity contribution in [2.45, 2.75) is 38.5 Å². The van der Waals surface area contributed by atoms with E-state index in [2.05, 4.69) is 5.32 Å². The molecule has 1 aliphatic rings. The lowest BCUT2D eigenvalue weighted by atomic mass is 10.0. The van der Waals surface area contributed by atoms with Gasteiger partial charge in [0.2, 0.25) is 0 Å². The summed E-state index contributed by atoms with van der Waals surface area (Å²) in [6.45, 7) is 4.04. The van der Waals surface area contributed by atoms with Crippen LogP contribution in [0.15, 0.2) is 12.1 Å². The van der Waals surface area contributed by atoms with Crippen molar-refractivity contribution in [2.24, 2.45) is 0 Å². The highest BCUT2D eigenvalue weighted by Crippen LogP contribution is 2.33. The van der Waals surface area contributed by atoms with Gasteiger partial charge in [-0.05, 0) is 43.5 Å². The first-order valence-electron chi connectivity index (χ1n) is 8.01. The van der Waals surface area contributed by atoms with Gasteiger partial charge in [-0.25, -0.2) is 0 Å². The number of alkyl halides is 3. The average molecular weight is 346 g/mol. The molecule has 0 spiro atoms. The number of methoxy groups -OCH3 is 2. The van der Waals surface area contributed by atoms with Gasteiger partial charge in [0.15, 0.2) is 11.5 Å². The molecule has 0 saturated carbocycles. The van der Waals surface area contributed by atoms with Gasteiger partial charge in [0, 0.05) is 25.2 Å². The number of aryl methyl sites for hydroxylation is 1. The van der Waals surface area contributed by atoms with E-state index in [1.54, 1.807) is 14.2 Å². The van der Waals surface area contributed by atoms with E-state index in [1.807, 2.05) is 26.0 Å². The van der Waals surface area contributed by atoms with Crippen molar-refractivity contribution in [3.05, 3.63) is 23.3 Å². The number of benzene rings is 1. The van der Waals surface area contributed by atoms with Crippen LogP contribution in [-0.2, 0) is 0 Å². The molecule has 4 nitrogen and oxygen atoms in total. The Kier molecular flexibility index (Phi) is 5.98. The van der Waals surface area contributed by atoms with Gasteiger partial charge in [-0.15, -0.1) is 0 Å². The Hall–Kier alpha value is -1.47. The van der Waals surface area contributed by atoms with Crippen LogP contribution in [0.2, 0.25) is 0 Å². The van der Waals surface area contributed by atoms with Gasteiger partial charge in [0.25, 0.3) is 0 Å². The second-order valence-corrected chi connectivity index (χ2v) is 6.29. The summed E-state index contributed by atoms with van der Waals surface area (Å²) in [6, 6.07) is 3.90. The summed E-state index contributed by atoms with van der Waals surface area (Å²) in [6.07, 6.45) is -3.42. The second-order valence-electron chi connectivity index (χ2n) is 6.29. The minimum absolute atomic E-state index is 0.0145. The van der Waals surface area contributed by atoms with Gasteiger partial charge in [0.05, 0.1) is 20.8 Å². The van der Waals surface area contributed by atoms with Crippen molar-refractivity contribution in [3.8, 4) is 11.5 Å². The first-order chi connectivity index (χ1) is 11.2. The molecular weight excluding hydrogens is 321 g/mol. The fraction of sp³-hybridized carbons (Fsp3) is 0.647. The molecule has 1 heterocycles. The molecule has 24 heavy (non-hydrogen) atoms. The SMILES string of the molecule is COc1cc(C)c([C@H](C)N[C@@H]2CCN(CC(F)(F)F)C2)cc1OC. The molecule has 136 valence electrons. The third-order valence-corrected chi connectivity index (χ3v) is 4.40. The topological polar surface area (TPSA) is 33.7 Å². The van der Waals surface area contributed by atoms with E-state index in [-0.39, 0.29) is 12.1 Å². The summed E-state index contributed by atoms with van der Waals surface area (Å²) in [4.78, 5) is 1.45. The molecule has 1 aromatic carbocycles. The van der Waals surface area contributed by atoms with Gasteiger partial charge < -0.3 is 14.8 Å². The number of nitrogens with one attached hydrogen (secondary N) is 1. The van der Waals surface area contributed by atoms with E-state index in [0.717, 1.165) is 11.1 Å². The number of ether oxygens (including phenoxy) is 2. The number of halogens is 3. The number of hydrogen-bond donors (Lipinski definition) is 1. The smallest absolute Gasteiger partial charge is 0.401 e. The molecule has 0 bridgehead atoms. The van der Waals surface area contributed by atoms with Crippen LogP contribution in [0.5, 0.6) is 11.5 Å². The van der Waals surface area contributed by atoms with Crippen LogP contribution in [0.3, 0.4) is 0 Å². The lowest BCUT2D eigenvalue weighted by molar-refractivity contribution is -0.143. The Labute approximate surface area is 140 Å². The molecule has 1 N–H and O–H groups in total. The summed E-state index contributed by atoms with van der Waals surface area (Å²) < 4.78 is 48.1. The van der Waals surface area contributed by atoms with E-state index >= 15 is 0 Å². The number of nitrogens with zero attached hydrogens (tertiary/aromatic N) is 1. The second kappa shape index (κ2) is 7.61. The molecule has 0 aliphatic carbocycles. The predicted molar refractivity (Wildman–Crippen MR) is 86.7 cm³/mol. The lowest BCUT2D eigenvalue weighted by Gasteiger charge is -2.23. The van der Waals surface area contributed by atoms with Crippen molar-refractivity contribution in [2.75, 3.05) is 33.9 Å². The molecule has 0 radical (unpaired) electrons. The highest BCUT2D eigenvalue weighted by Gasteiger charge is 2.34. The monoisotopic (exact) mass is 346 g/mol. The molecule has 0 unspecified atom stereocenters. The van der Waals surface area contributed by atoms with E-state index in [1.165, 1.54) is 4.90 Å². The summed E-state index contributed by atoms with van der Waals surface area (Å²) in [5, 5.41) is 3.44. The Balaban J connectivity index is 2.02. The third kappa shape index (κ3) is 4.77. The zero-order valence-electron chi connectivity index (χ0n) is 14.5. The Bertz CT molecular complexity index is 564. The predicted octanol–water partition coefficient (Wildman–Crippen LogP) is 3.30. The Morgan fingerprint density at radius 3 is 2.46 bits per heavy atom. The minimum atomic E-state index is -4.14. The molecule has 0 amide bonds. The quantitative estimate of drug-likeness (QED) is 0.857. The van der Waals surface area contributed by atoms with Gasteiger partial charge in [-0.3, -0.25) is 4.90 Å². The zero-order valence-corrected chi connectivity index (χ0v) is 14.5. The molecule has 1 aromatic rings. The standard InChI is InChI=1S/C17H25F3N2O2/c1-11-7-15(23-3)16(24-4)8-14(11)12(2)21-13-5-6-22(9-13)10-17(18,19)20/h7-8,12-13,21H,5-6,9-10H2,1-4H3/t12-,13+/m0/s1. The summed E-state index contributed by atoms with van der Waals surface area (Å²) in [5.74, 6) is 1.32. The average Bonchev–Trinajstić information content (AvgIpc) is 2.91. The molecular formula is C17H25F3N2O2. The van der Waals surface area contributed by atoms with Crippen molar-refractivity contribution >= 4 is 0 Å². The summed E-state index contributed by atoms with van der Waals surface area (Å²) in [7, 11) is 3.17. The first-order valence-corrected chi connectivity index (χ1v) is 8.01. The Morgan fingerprint density at radius 1 is 1.25 bits per heavy atom. The van der Waals surface area contributed by atoms with Crippen LogP contribution >= 0.6 is 0 Å². The van der Waals surface area contributed by atoms with Gasteiger partial charge in [0.1, 0.15) is 0 Å². The molecule has 2 rings (SSSR count). The van der Waals surface area contributed by atoms with E-state index in [9.17, 15) is 13.2 Å². The summed E-state index contributed by atoms with van der Waals surface area (Å²) >= 11 is 0. The van der Waals surface area contributed by atoms with Crippen LogP contribution in [0.1, 0.15) is 30.5 Å². The van der Waals surface area contributed by atoms with E-state index in [4.69, 9.17) is 9.47 Å². The maximum absolute atomic E-state index is 12.5. The van der Waals surface area contributed by atoms with E-state index < -0.39 is 12.7 Å². The minimum Gasteiger partial charge on any atom is -0.493 e. The highest BCUT2D eigenvalue weighted by molar-refractivity contribution is 5.48. The zero-order chi connectivity index (χ0) is 17.9. The van der Waals surface area contributed by atoms with Crippen molar-refractivity contribution in [3.63, 3.8) is 0 Å². The lowest BCUT2D eigenvalue weighted by Crippen LogP contribution is -2.37. The largest absolute Gasteiger partial charge is 0.493 e. The Morgan fingerprint density at radius 2 is 1.88 bits per heavy atom. The van der Waals surface area contributed by atoms with Crippen LogP contribution in [0.4, 0.5) is 13.2 Å². The van der Waals surface area contributed by atoms with E-state index in [0.29, 0.717) is 31.0 Å². The van der Waals surface area contributed by atoms with Crippen molar-refractivity contribution in [1.82, 2.24) is 10.2 Å². The molecule has 1 fully saturated rings. The number of rotatable bonds is 6. The van der Waals surface area contributed by atoms with Crippen LogP contribution in [0.25, 0.3) is 0 Å². The molecule has 1 saturated heterocycles. The molecule has 0 aromatic heterocycles. The number of hydrogen-bond acceptors (Lipinski definition) is 4. The third-order valence-electron chi connectivity index (χ3n) is 4.40. The normalized spacial score (nSPS) is 20.2. The summed E-state index contributed by atoms with van der Waals surface area (Å²) in [5.41, 5.74) is 2.11. The van der Waals surface area contributed by atoms with Crippen molar-refractivity contribution < 1.29 is 22.6 Å². The van der Waals surface area contributed by atoms with Crippen LogP contribution in [-0.4, -0.2) is 51.0 Å². The fourth-order valence-corrected chi connectivity index (χ4v) is 3.27. The first kappa shape index (κ1) is 18.9. The number of likely N-dealkylation sites (tertiary alicyclic amines) is 1. The van der Waals surface area contributed by atoms with Crippen LogP contribution < -0.4 is 14.8 Å². The maximum atomic E-state index is 12.5. The highest BCUT2D eigenvalue weighted by atomic mass is 19.4. The maximum Gasteiger partial charge on any atom is 0.401 e. The van der Waals surface area contributed by atoms with Gasteiger partial charge in [-0.1, -0.05) is 0 Å². The molecule has 2 atom stereocenters. The van der Waals surface area contributed by atoms with Gasteiger partial charge >= 0.3 is 6.18 Å². The van der Waals surface area contributed by atoms with Crippen LogP contribution in [0, 0.1) is 6.92 Å². The fourth-order valence-electron chi connectivity index (χ4n) is 3.27. The molecule has 7 heteroatoms. The molecule has 1 aliphatic heterocycles. The van der Waals surface area contributed by atoms with Crippen molar-refractivity contribution in [1.29, 1.82) is 0 Å². The van der Waals surface area contributed by atoms with Gasteiger partial charge in [-0.2, -0.15) is 13.2 Å².